The largest absolute Gasteiger partial charge is 0.444 e. The third kappa shape index (κ3) is 8.72. The van der Waals surface area contributed by atoms with Crippen molar-refractivity contribution < 1.29 is 33.3 Å². The Morgan fingerprint density at radius 3 is 2.42 bits per heavy atom. The third-order valence-electron chi connectivity index (χ3n) is 6.57. The summed E-state index contributed by atoms with van der Waals surface area (Å²) in [5.41, 5.74) is 1.80. The van der Waals surface area contributed by atoms with Gasteiger partial charge in [-0.1, -0.05) is 11.3 Å². The number of carbonyl (C=O) groups excluding carboxylic acids is 3. The summed E-state index contributed by atoms with van der Waals surface area (Å²) in [7, 11) is 1.65. The first-order valence-electron chi connectivity index (χ1n) is 14.2. The Kier molecular flexibility index (Phi) is 10.7. The lowest BCUT2D eigenvalue weighted by molar-refractivity contribution is -0.135. The number of carbonyl (C=O) groups is 3. The topological polar surface area (TPSA) is 170 Å². The number of piperidine rings is 1. The number of rotatable bonds is 14. The molecule has 0 radical (unpaired) electrons. The number of fused-ring (bicyclic) bond motifs is 1. The maximum absolute atomic E-state index is 13.0. The quantitative estimate of drug-likeness (QED) is 0.202. The number of nitrogens with zero attached hydrogens (tertiary/aromatic N) is 5. The van der Waals surface area contributed by atoms with Crippen LogP contribution in [0.15, 0.2) is 29.2 Å². The van der Waals surface area contributed by atoms with Gasteiger partial charge in [0.15, 0.2) is 0 Å². The number of imide groups is 1. The maximum Gasteiger partial charge on any atom is 0.407 e. The monoisotopic (exact) mass is 601 g/mol. The van der Waals surface area contributed by atoms with E-state index in [4.69, 9.17) is 18.9 Å². The van der Waals surface area contributed by atoms with Gasteiger partial charge in [0.25, 0.3) is 0 Å². The number of alkyl carbamates (subject to hydrolysis) is 1. The standard InChI is InChI=1S/C28H39N7O8/c1-28(2,3)43-26(38)29-9-11-40-13-15-42-16-14-41-12-10-34-18-20(31-32-34)19-5-6-21-23(17-19)33(4)27(39)35(21)22-7-8-24(36)30-25(22)37/h5-6,17-18,22H,7-16H2,1-4H3,(H,29,38)(H,30,36,37). The van der Waals surface area contributed by atoms with Crippen LogP contribution in [0, 0.1) is 0 Å². The van der Waals surface area contributed by atoms with E-state index in [0.29, 0.717) is 69.5 Å². The summed E-state index contributed by atoms with van der Waals surface area (Å²) in [6, 6.07) is 4.71. The smallest absolute Gasteiger partial charge is 0.407 e. The average Bonchev–Trinajstić information content (AvgIpc) is 3.51. The first-order chi connectivity index (χ1) is 20.5. The number of hydrogen-bond acceptors (Lipinski definition) is 10. The molecule has 4 rings (SSSR count). The first kappa shape index (κ1) is 31.8. The number of ether oxygens (including phenoxy) is 4. The van der Waals surface area contributed by atoms with E-state index in [1.807, 2.05) is 12.1 Å². The van der Waals surface area contributed by atoms with Crippen molar-refractivity contribution in [2.75, 3.05) is 46.2 Å². The molecule has 3 aromatic rings. The summed E-state index contributed by atoms with van der Waals surface area (Å²) in [4.78, 5) is 48.5. The number of aromatic nitrogens is 5. The van der Waals surface area contributed by atoms with Crippen molar-refractivity contribution >= 4 is 28.9 Å². The van der Waals surface area contributed by atoms with E-state index in [2.05, 4.69) is 20.9 Å². The summed E-state index contributed by atoms with van der Waals surface area (Å²) < 4.78 is 26.3. The Morgan fingerprint density at radius 2 is 1.72 bits per heavy atom. The SMILES string of the molecule is Cn1c(=O)n(C2CCC(=O)NC2=O)c2ccc(-c3cn(CCOCCOCCOCCNC(=O)OC(C)(C)C)nn3)cc21. The second kappa shape index (κ2) is 14.4. The van der Waals surface area contributed by atoms with Gasteiger partial charge in [0.05, 0.1) is 63.4 Å². The molecule has 1 aromatic carbocycles. The molecule has 3 amide bonds. The maximum atomic E-state index is 13.0. The molecule has 1 saturated heterocycles. The highest BCUT2D eigenvalue weighted by Crippen LogP contribution is 2.26. The van der Waals surface area contributed by atoms with Crippen LogP contribution < -0.4 is 16.3 Å². The van der Waals surface area contributed by atoms with Gasteiger partial charge in [-0.05, 0) is 39.3 Å². The molecular formula is C28H39N7O8. The van der Waals surface area contributed by atoms with E-state index in [1.165, 1.54) is 9.13 Å². The molecule has 234 valence electrons. The lowest BCUT2D eigenvalue weighted by Gasteiger charge is -2.21. The second-order valence-corrected chi connectivity index (χ2v) is 11.0. The molecule has 0 spiro atoms. The van der Waals surface area contributed by atoms with E-state index >= 15 is 0 Å². The van der Waals surface area contributed by atoms with Gasteiger partial charge in [0.1, 0.15) is 17.3 Å². The van der Waals surface area contributed by atoms with Crippen LogP contribution in [-0.2, 0) is 42.1 Å². The summed E-state index contributed by atoms with van der Waals surface area (Å²) >= 11 is 0. The molecule has 43 heavy (non-hydrogen) atoms. The second-order valence-electron chi connectivity index (χ2n) is 11.0. The number of benzene rings is 1. The number of aryl methyl sites for hydroxylation is 1. The summed E-state index contributed by atoms with van der Waals surface area (Å²) in [6.07, 6.45) is 1.79. The van der Waals surface area contributed by atoms with Crippen molar-refractivity contribution in [3.63, 3.8) is 0 Å². The molecular weight excluding hydrogens is 562 g/mol. The first-order valence-corrected chi connectivity index (χ1v) is 14.2. The predicted molar refractivity (Wildman–Crippen MR) is 154 cm³/mol. The van der Waals surface area contributed by atoms with Crippen LogP contribution in [0.5, 0.6) is 0 Å². The molecule has 1 aliphatic heterocycles. The molecule has 1 fully saturated rings. The fourth-order valence-corrected chi connectivity index (χ4v) is 4.53. The van der Waals surface area contributed by atoms with Crippen molar-refractivity contribution in [2.45, 2.75) is 51.8 Å². The Morgan fingerprint density at radius 1 is 1.02 bits per heavy atom. The Bertz CT molecular complexity index is 1490. The molecule has 1 atom stereocenters. The van der Waals surface area contributed by atoms with Crippen molar-refractivity contribution in [1.82, 2.24) is 34.8 Å². The predicted octanol–water partition coefficient (Wildman–Crippen LogP) is 1.15. The molecule has 3 heterocycles. The summed E-state index contributed by atoms with van der Waals surface area (Å²) in [5.74, 6) is -0.800. The van der Waals surface area contributed by atoms with Crippen molar-refractivity contribution in [2.24, 2.45) is 7.05 Å². The lowest BCUT2D eigenvalue weighted by atomic mass is 10.1. The normalized spacial score (nSPS) is 15.6. The molecule has 1 unspecified atom stereocenters. The van der Waals surface area contributed by atoms with Gasteiger partial charge in [0, 0.05) is 25.6 Å². The molecule has 15 heteroatoms. The Hall–Kier alpha value is -4.08. The van der Waals surface area contributed by atoms with E-state index in [-0.39, 0.29) is 24.4 Å². The van der Waals surface area contributed by atoms with Crippen LogP contribution in [0.3, 0.4) is 0 Å². The molecule has 2 N–H and O–H groups in total. The molecule has 0 aliphatic carbocycles. The molecule has 1 aliphatic rings. The molecule has 0 bridgehead atoms. The fraction of sp³-hybridized carbons (Fsp3) is 0.571. The van der Waals surface area contributed by atoms with E-state index in [9.17, 15) is 19.2 Å². The van der Waals surface area contributed by atoms with Crippen LogP contribution in [0.1, 0.15) is 39.7 Å². The molecule has 0 saturated carbocycles. The van der Waals surface area contributed by atoms with Gasteiger partial charge < -0.3 is 24.3 Å². The fourth-order valence-electron chi connectivity index (χ4n) is 4.53. The van der Waals surface area contributed by atoms with E-state index < -0.39 is 23.6 Å². The van der Waals surface area contributed by atoms with Crippen molar-refractivity contribution in [3.05, 3.63) is 34.9 Å². The number of hydrogen-bond donors (Lipinski definition) is 2. The van der Waals surface area contributed by atoms with Crippen LogP contribution >= 0.6 is 0 Å². The average molecular weight is 602 g/mol. The van der Waals surface area contributed by atoms with Gasteiger partial charge >= 0.3 is 11.8 Å². The van der Waals surface area contributed by atoms with Gasteiger partial charge in [-0.3, -0.25) is 24.0 Å². The summed E-state index contributed by atoms with van der Waals surface area (Å²) in [5, 5.41) is 13.4. The zero-order valence-electron chi connectivity index (χ0n) is 25.0. The highest BCUT2D eigenvalue weighted by molar-refractivity contribution is 6.00. The van der Waals surface area contributed by atoms with Gasteiger partial charge in [-0.2, -0.15) is 0 Å². The van der Waals surface area contributed by atoms with E-state index in [0.717, 1.165) is 5.56 Å². The Labute approximate surface area is 248 Å². The Balaban J connectivity index is 1.15. The molecule has 15 nitrogen and oxygen atoms in total. The zero-order chi connectivity index (χ0) is 31.0. The molecule has 2 aromatic heterocycles. The zero-order valence-corrected chi connectivity index (χ0v) is 25.0. The third-order valence-corrected chi connectivity index (χ3v) is 6.57. The highest BCUT2D eigenvalue weighted by Gasteiger charge is 2.31. The van der Waals surface area contributed by atoms with Crippen molar-refractivity contribution in [1.29, 1.82) is 0 Å². The number of amides is 3. The summed E-state index contributed by atoms with van der Waals surface area (Å²) in [6.45, 7) is 8.68. The lowest BCUT2D eigenvalue weighted by Crippen LogP contribution is -2.44. The minimum absolute atomic E-state index is 0.185. The van der Waals surface area contributed by atoms with Crippen molar-refractivity contribution in [3.8, 4) is 11.3 Å². The van der Waals surface area contributed by atoms with E-state index in [1.54, 1.807) is 44.8 Å². The number of imidazole rings is 1. The minimum atomic E-state index is -0.737. The number of nitrogens with one attached hydrogen (secondary N) is 2. The van der Waals surface area contributed by atoms with Gasteiger partial charge in [-0.15, -0.1) is 5.10 Å². The van der Waals surface area contributed by atoms with Crippen LogP contribution in [-0.4, -0.2) is 93.8 Å². The van der Waals surface area contributed by atoms with Gasteiger partial charge in [-0.25, -0.2) is 14.3 Å². The van der Waals surface area contributed by atoms with Crippen LogP contribution in [0.2, 0.25) is 0 Å². The highest BCUT2D eigenvalue weighted by atomic mass is 16.6. The van der Waals surface area contributed by atoms with Crippen LogP contribution in [0.4, 0.5) is 4.79 Å². The van der Waals surface area contributed by atoms with Gasteiger partial charge in [0.2, 0.25) is 11.8 Å². The minimum Gasteiger partial charge on any atom is -0.444 e. The van der Waals surface area contributed by atoms with Crippen LogP contribution in [0.25, 0.3) is 22.3 Å².